The van der Waals surface area contributed by atoms with E-state index >= 15 is 0 Å². The molecule has 102 valence electrons. The summed E-state index contributed by atoms with van der Waals surface area (Å²) < 4.78 is 15.5. The topological polar surface area (TPSA) is 43.8 Å². The summed E-state index contributed by atoms with van der Waals surface area (Å²) in [6.07, 6.45) is 2.52. The van der Waals surface area contributed by atoms with Crippen molar-refractivity contribution in [2.45, 2.75) is 25.9 Å². The third-order valence-corrected chi connectivity index (χ3v) is 3.84. The molecule has 19 heavy (non-hydrogen) atoms. The van der Waals surface area contributed by atoms with Gasteiger partial charge in [0.05, 0.1) is 23.0 Å². The Labute approximate surface area is 124 Å². The second kappa shape index (κ2) is 6.03. The maximum Gasteiger partial charge on any atom is 0.124 e. The molecule has 0 aliphatic rings. The number of benzene rings is 1. The summed E-state index contributed by atoms with van der Waals surface area (Å²) in [5.41, 5.74) is 7.77. The van der Waals surface area contributed by atoms with Gasteiger partial charge in [0.1, 0.15) is 5.82 Å². The van der Waals surface area contributed by atoms with Gasteiger partial charge in [-0.1, -0.05) is 40.5 Å². The van der Waals surface area contributed by atoms with Crippen LogP contribution in [0.4, 0.5) is 4.39 Å². The molecule has 2 aromatic rings. The van der Waals surface area contributed by atoms with Gasteiger partial charge < -0.3 is 5.73 Å². The van der Waals surface area contributed by atoms with E-state index in [0.717, 1.165) is 24.2 Å². The monoisotopic (exact) mass is 345 g/mol. The SMILES string of the molecule is CCCn1ncc(Cl)c1C(N)c1ccc(F)cc1Br. The van der Waals surface area contributed by atoms with Crippen molar-refractivity contribution >= 4 is 27.5 Å². The summed E-state index contributed by atoms with van der Waals surface area (Å²) in [5, 5.41) is 4.74. The number of nitrogens with zero attached hydrogens (tertiary/aromatic N) is 2. The number of halogens is 3. The van der Waals surface area contributed by atoms with Gasteiger partial charge in [-0.2, -0.15) is 5.10 Å². The molecule has 1 unspecified atom stereocenters. The summed E-state index contributed by atoms with van der Waals surface area (Å²) in [4.78, 5) is 0. The molecule has 1 aromatic heterocycles. The molecule has 0 fully saturated rings. The van der Waals surface area contributed by atoms with Crippen LogP contribution < -0.4 is 5.73 Å². The minimum Gasteiger partial charge on any atom is -0.319 e. The van der Waals surface area contributed by atoms with E-state index < -0.39 is 6.04 Å². The van der Waals surface area contributed by atoms with Crippen LogP contribution in [0.2, 0.25) is 5.02 Å². The first kappa shape index (κ1) is 14.5. The zero-order valence-corrected chi connectivity index (χ0v) is 12.7. The molecule has 1 atom stereocenters. The third-order valence-electron chi connectivity index (χ3n) is 2.86. The fraction of sp³-hybridized carbons (Fsp3) is 0.308. The minimum atomic E-state index is -0.448. The Hall–Kier alpha value is -0.910. The molecule has 1 heterocycles. The first-order chi connectivity index (χ1) is 9.04. The van der Waals surface area contributed by atoms with Crippen LogP contribution in [0.5, 0.6) is 0 Å². The summed E-state index contributed by atoms with van der Waals surface area (Å²) >= 11 is 9.48. The Balaban J connectivity index is 2.43. The zero-order valence-electron chi connectivity index (χ0n) is 10.4. The molecular formula is C13H14BrClFN3. The van der Waals surface area contributed by atoms with Gasteiger partial charge in [-0.05, 0) is 24.1 Å². The molecule has 0 saturated heterocycles. The molecule has 0 aliphatic heterocycles. The number of hydrogen-bond donors (Lipinski definition) is 1. The second-order valence-electron chi connectivity index (χ2n) is 4.24. The van der Waals surface area contributed by atoms with Gasteiger partial charge in [0.25, 0.3) is 0 Å². The van der Waals surface area contributed by atoms with Gasteiger partial charge in [0.2, 0.25) is 0 Å². The normalized spacial score (nSPS) is 12.7. The van der Waals surface area contributed by atoms with Crippen molar-refractivity contribution in [3.63, 3.8) is 0 Å². The van der Waals surface area contributed by atoms with E-state index in [1.54, 1.807) is 16.9 Å². The molecule has 1 aromatic carbocycles. The third kappa shape index (κ3) is 2.99. The smallest absolute Gasteiger partial charge is 0.124 e. The number of aromatic nitrogens is 2. The maximum atomic E-state index is 13.1. The van der Waals surface area contributed by atoms with E-state index in [1.165, 1.54) is 12.1 Å². The fourth-order valence-electron chi connectivity index (χ4n) is 1.97. The Morgan fingerprint density at radius 1 is 1.53 bits per heavy atom. The van der Waals surface area contributed by atoms with Crippen molar-refractivity contribution in [3.05, 3.63) is 51.0 Å². The predicted octanol–water partition coefficient (Wildman–Crippen LogP) is 3.90. The van der Waals surface area contributed by atoms with Crippen LogP contribution in [-0.4, -0.2) is 9.78 Å². The standard InChI is InChI=1S/C13H14BrClFN3/c1-2-5-19-13(11(15)7-18-19)12(17)9-4-3-8(16)6-10(9)14/h3-4,6-7,12H,2,5,17H2,1H3. The summed E-state index contributed by atoms with van der Waals surface area (Å²) in [5.74, 6) is -0.309. The van der Waals surface area contributed by atoms with Crippen LogP contribution in [0.3, 0.4) is 0 Å². The highest BCUT2D eigenvalue weighted by atomic mass is 79.9. The van der Waals surface area contributed by atoms with E-state index in [9.17, 15) is 4.39 Å². The van der Waals surface area contributed by atoms with Crippen molar-refractivity contribution in [1.82, 2.24) is 9.78 Å². The van der Waals surface area contributed by atoms with Gasteiger partial charge in [0.15, 0.2) is 0 Å². The highest BCUT2D eigenvalue weighted by Crippen LogP contribution is 2.31. The number of aryl methyl sites for hydroxylation is 1. The molecular weight excluding hydrogens is 333 g/mol. The lowest BCUT2D eigenvalue weighted by Gasteiger charge is -2.16. The summed E-state index contributed by atoms with van der Waals surface area (Å²) in [6.45, 7) is 2.80. The van der Waals surface area contributed by atoms with E-state index in [-0.39, 0.29) is 5.82 Å². The Bertz CT molecular complexity index is 585. The zero-order chi connectivity index (χ0) is 14.0. The van der Waals surface area contributed by atoms with Crippen molar-refractivity contribution in [1.29, 1.82) is 0 Å². The maximum absolute atomic E-state index is 13.1. The van der Waals surface area contributed by atoms with Crippen LogP contribution in [0.25, 0.3) is 0 Å². The molecule has 0 aliphatic carbocycles. The Morgan fingerprint density at radius 3 is 2.89 bits per heavy atom. The van der Waals surface area contributed by atoms with Gasteiger partial charge in [-0.15, -0.1) is 0 Å². The average Bonchev–Trinajstić information content (AvgIpc) is 2.70. The van der Waals surface area contributed by atoms with Crippen molar-refractivity contribution in [2.24, 2.45) is 5.73 Å². The molecule has 2 N–H and O–H groups in total. The fourth-order valence-corrected chi connectivity index (χ4v) is 2.83. The number of rotatable bonds is 4. The van der Waals surface area contributed by atoms with Crippen LogP contribution in [0.15, 0.2) is 28.9 Å². The lowest BCUT2D eigenvalue weighted by atomic mass is 10.0. The van der Waals surface area contributed by atoms with Gasteiger partial charge in [-0.25, -0.2) is 4.39 Å². The van der Waals surface area contributed by atoms with Crippen molar-refractivity contribution in [2.75, 3.05) is 0 Å². The van der Waals surface area contributed by atoms with Crippen LogP contribution in [0, 0.1) is 5.82 Å². The lowest BCUT2D eigenvalue weighted by Crippen LogP contribution is -2.18. The predicted molar refractivity (Wildman–Crippen MR) is 77.7 cm³/mol. The van der Waals surface area contributed by atoms with Gasteiger partial charge in [0, 0.05) is 11.0 Å². The second-order valence-corrected chi connectivity index (χ2v) is 5.51. The number of hydrogen-bond acceptors (Lipinski definition) is 2. The van der Waals surface area contributed by atoms with E-state index in [1.807, 2.05) is 0 Å². The van der Waals surface area contributed by atoms with Crippen LogP contribution >= 0.6 is 27.5 Å². The molecule has 0 bridgehead atoms. The van der Waals surface area contributed by atoms with E-state index in [4.69, 9.17) is 17.3 Å². The molecule has 0 amide bonds. The molecule has 0 radical (unpaired) electrons. The highest BCUT2D eigenvalue weighted by molar-refractivity contribution is 9.10. The van der Waals surface area contributed by atoms with E-state index in [0.29, 0.717) is 9.50 Å². The van der Waals surface area contributed by atoms with Crippen molar-refractivity contribution in [3.8, 4) is 0 Å². The first-order valence-electron chi connectivity index (χ1n) is 5.96. The Kier molecular flexibility index (Phi) is 4.60. The van der Waals surface area contributed by atoms with Gasteiger partial charge in [-0.3, -0.25) is 4.68 Å². The Morgan fingerprint density at radius 2 is 2.26 bits per heavy atom. The molecule has 6 heteroatoms. The first-order valence-corrected chi connectivity index (χ1v) is 7.13. The number of nitrogens with two attached hydrogens (primary N) is 1. The van der Waals surface area contributed by atoms with Crippen LogP contribution in [-0.2, 0) is 6.54 Å². The lowest BCUT2D eigenvalue weighted by molar-refractivity contribution is 0.558. The molecule has 2 rings (SSSR count). The highest BCUT2D eigenvalue weighted by Gasteiger charge is 2.20. The van der Waals surface area contributed by atoms with Crippen molar-refractivity contribution < 1.29 is 4.39 Å². The van der Waals surface area contributed by atoms with Gasteiger partial charge >= 0.3 is 0 Å². The summed E-state index contributed by atoms with van der Waals surface area (Å²) in [6, 6.07) is 3.98. The largest absolute Gasteiger partial charge is 0.319 e. The van der Waals surface area contributed by atoms with Crippen LogP contribution in [0.1, 0.15) is 30.6 Å². The average molecular weight is 347 g/mol. The summed E-state index contributed by atoms with van der Waals surface area (Å²) in [7, 11) is 0. The molecule has 0 saturated carbocycles. The minimum absolute atomic E-state index is 0.309. The molecule has 3 nitrogen and oxygen atoms in total. The molecule has 0 spiro atoms. The van der Waals surface area contributed by atoms with E-state index in [2.05, 4.69) is 28.0 Å². The quantitative estimate of drug-likeness (QED) is 0.912.